The zero-order chi connectivity index (χ0) is 19.9. The molecule has 1 heterocycles. The summed E-state index contributed by atoms with van der Waals surface area (Å²) in [5, 5.41) is 2.85. The Hall–Kier alpha value is -3.61. The van der Waals surface area contributed by atoms with E-state index in [4.69, 9.17) is 14.2 Å². The molecule has 3 rings (SSSR count). The molecule has 0 unspecified atom stereocenters. The van der Waals surface area contributed by atoms with Crippen molar-refractivity contribution in [2.45, 2.75) is 6.54 Å². The van der Waals surface area contributed by atoms with Gasteiger partial charge in [0.1, 0.15) is 29.1 Å². The van der Waals surface area contributed by atoms with Crippen LogP contribution in [-0.4, -0.2) is 37.2 Å². The van der Waals surface area contributed by atoms with E-state index in [0.717, 1.165) is 17.0 Å². The summed E-state index contributed by atoms with van der Waals surface area (Å²) < 4.78 is 15.7. The predicted molar refractivity (Wildman–Crippen MR) is 105 cm³/mol. The first-order valence-electron chi connectivity index (χ1n) is 8.60. The fourth-order valence-corrected chi connectivity index (χ4v) is 2.75. The van der Waals surface area contributed by atoms with E-state index in [1.807, 2.05) is 30.3 Å². The molecule has 0 atom stereocenters. The second-order valence-corrected chi connectivity index (χ2v) is 5.84. The maximum absolute atomic E-state index is 12.7. The molecule has 7 heteroatoms. The quantitative estimate of drug-likeness (QED) is 0.679. The van der Waals surface area contributed by atoms with Crippen LogP contribution in [-0.2, 0) is 6.54 Å². The van der Waals surface area contributed by atoms with Crippen molar-refractivity contribution < 1.29 is 19.0 Å². The normalized spacial score (nSPS) is 10.2. The Morgan fingerprint density at radius 1 is 0.929 bits per heavy atom. The largest absolute Gasteiger partial charge is 0.497 e. The number of ether oxygens (including phenoxy) is 3. The van der Waals surface area contributed by atoms with Crippen LogP contribution in [0.1, 0.15) is 16.1 Å². The molecule has 7 nitrogen and oxygen atoms in total. The average Bonchev–Trinajstić information content (AvgIpc) is 2.77. The van der Waals surface area contributed by atoms with Crippen LogP contribution < -0.4 is 19.5 Å². The number of nitrogens with one attached hydrogen (secondary N) is 1. The van der Waals surface area contributed by atoms with Crippen LogP contribution >= 0.6 is 0 Å². The Morgan fingerprint density at radius 2 is 1.61 bits per heavy atom. The highest BCUT2D eigenvalue weighted by atomic mass is 16.5. The highest BCUT2D eigenvalue weighted by Crippen LogP contribution is 2.28. The summed E-state index contributed by atoms with van der Waals surface area (Å²) in [7, 11) is 4.64. The van der Waals surface area contributed by atoms with Crippen molar-refractivity contribution in [1.29, 1.82) is 0 Å². The first-order valence-corrected chi connectivity index (χ1v) is 8.60. The van der Waals surface area contributed by atoms with Crippen molar-refractivity contribution in [3.63, 3.8) is 0 Å². The number of benzene rings is 2. The molecule has 0 saturated carbocycles. The van der Waals surface area contributed by atoms with E-state index in [2.05, 4.69) is 15.3 Å². The molecule has 2 aromatic carbocycles. The second-order valence-electron chi connectivity index (χ2n) is 5.84. The lowest BCUT2D eigenvalue weighted by molar-refractivity contribution is 0.0944. The molecule has 28 heavy (non-hydrogen) atoms. The van der Waals surface area contributed by atoms with E-state index in [1.165, 1.54) is 20.5 Å². The highest BCUT2D eigenvalue weighted by Gasteiger charge is 2.18. The lowest BCUT2D eigenvalue weighted by Gasteiger charge is -2.13. The fraction of sp³-hybridized carbons (Fsp3) is 0.190. The van der Waals surface area contributed by atoms with Crippen molar-refractivity contribution >= 4 is 5.91 Å². The van der Waals surface area contributed by atoms with Crippen molar-refractivity contribution in [1.82, 2.24) is 15.3 Å². The van der Waals surface area contributed by atoms with Crippen LogP contribution in [0.15, 0.2) is 54.9 Å². The maximum Gasteiger partial charge on any atom is 0.259 e. The number of rotatable bonds is 7. The predicted octanol–water partition coefficient (Wildman–Crippen LogP) is 3.10. The van der Waals surface area contributed by atoms with E-state index in [0.29, 0.717) is 22.8 Å². The Labute approximate surface area is 163 Å². The zero-order valence-corrected chi connectivity index (χ0v) is 15.9. The number of hydrogen-bond donors (Lipinski definition) is 1. The van der Waals surface area contributed by atoms with Gasteiger partial charge >= 0.3 is 0 Å². The van der Waals surface area contributed by atoms with E-state index < -0.39 is 0 Å². The van der Waals surface area contributed by atoms with Crippen molar-refractivity contribution in [3.8, 4) is 28.5 Å². The molecule has 0 saturated heterocycles. The Kier molecular flexibility index (Phi) is 6.06. The van der Waals surface area contributed by atoms with Gasteiger partial charge in [0.15, 0.2) is 0 Å². The number of methoxy groups -OCH3 is 3. The molecule has 0 aliphatic heterocycles. The minimum atomic E-state index is -0.307. The van der Waals surface area contributed by atoms with Crippen LogP contribution in [0.5, 0.6) is 17.2 Å². The molecule has 0 fully saturated rings. The minimum Gasteiger partial charge on any atom is -0.497 e. The zero-order valence-electron chi connectivity index (χ0n) is 15.9. The van der Waals surface area contributed by atoms with Crippen molar-refractivity contribution in [3.05, 3.63) is 66.1 Å². The number of carbonyl (C=O) groups is 1. The number of amides is 1. The molecule has 1 amide bonds. The maximum atomic E-state index is 12.7. The summed E-state index contributed by atoms with van der Waals surface area (Å²) in [6.07, 6.45) is 1.48. The lowest BCUT2D eigenvalue weighted by atomic mass is 10.1. The van der Waals surface area contributed by atoms with E-state index in [9.17, 15) is 4.79 Å². The van der Waals surface area contributed by atoms with E-state index in [1.54, 1.807) is 25.3 Å². The third-order valence-electron chi connectivity index (χ3n) is 4.19. The van der Waals surface area contributed by atoms with Gasteiger partial charge in [0.05, 0.1) is 39.3 Å². The number of carbonyl (C=O) groups excluding carboxylic acids is 1. The Morgan fingerprint density at radius 3 is 2.21 bits per heavy atom. The summed E-state index contributed by atoms with van der Waals surface area (Å²) in [6.45, 7) is 0.242. The molecule has 0 radical (unpaired) electrons. The molecular formula is C21H21N3O4. The van der Waals surface area contributed by atoms with Crippen LogP contribution in [0.25, 0.3) is 11.3 Å². The van der Waals surface area contributed by atoms with Gasteiger partial charge in [0, 0.05) is 5.56 Å². The summed E-state index contributed by atoms with van der Waals surface area (Å²) >= 11 is 0. The SMILES string of the molecule is COc1ccc(-c2cc(CNC(=O)c3c(OC)cccc3OC)ncn2)cc1. The lowest BCUT2D eigenvalue weighted by Crippen LogP contribution is -2.24. The molecule has 0 aliphatic rings. The molecule has 1 N–H and O–H groups in total. The second kappa shape index (κ2) is 8.85. The van der Waals surface area contributed by atoms with Gasteiger partial charge in [0.25, 0.3) is 5.91 Å². The van der Waals surface area contributed by atoms with E-state index in [-0.39, 0.29) is 12.5 Å². The van der Waals surface area contributed by atoms with Gasteiger partial charge in [-0.15, -0.1) is 0 Å². The molecule has 0 aliphatic carbocycles. The monoisotopic (exact) mass is 379 g/mol. The molecule has 1 aromatic heterocycles. The van der Waals surface area contributed by atoms with E-state index >= 15 is 0 Å². The molecular weight excluding hydrogens is 358 g/mol. The van der Waals surface area contributed by atoms with Crippen LogP contribution in [0, 0.1) is 0 Å². The van der Waals surface area contributed by atoms with Gasteiger partial charge in [-0.05, 0) is 42.5 Å². The standard InChI is InChI=1S/C21H21N3O4/c1-26-16-9-7-14(8-10-16)17-11-15(23-13-24-17)12-22-21(25)20-18(27-2)5-4-6-19(20)28-3/h4-11,13H,12H2,1-3H3,(H,22,25). The fourth-order valence-electron chi connectivity index (χ4n) is 2.75. The summed E-state index contributed by atoms with van der Waals surface area (Å²) in [4.78, 5) is 21.2. The Balaban J connectivity index is 1.76. The Bertz CT molecular complexity index is 936. The van der Waals surface area contributed by atoms with Gasteiger partial charge in [-0.2, -0.15) is 0 Å². The van der Waals surface area contributed by atoms with Gasteiger partial charge in [-0.25, -0.2) is 9.97 Å². The minimum absolute atomic E-state index is 0.242. The number of aromatic nitrogens is 2. The highest BCUT2D eigenvalue weighted by molar-refractivity contribution is 5.99. The molecule has 144 valence electrons. The van der Waals surface area contributed by atoms with Gasteiger partial charge in [0.2, 0.25) is 0 Å². The van der Waals surface area contributed by atoms with Gasteiger partial charge in [-0.1, -0.05) is 6.07 Å². The van der Waals surface area contributed by atoms with Crippen LogP contribution in [0.2, 0.25) is 0 Å². The first kappa shape index (κ1) is 19.2. The van der Waals surface area contributed by atoms with Crippen LogP contribution in [0.3, 0.4) is 0 Å². The third kappa shape index (κ3) is 4.20. The molecule has 3 aromatic rings. The first-order chi connectivity index (χ1) is 13.7. The number of hydrogen-bond acceptors (Lipinski definition) is 6. The van der Waals surface area contributed by atoms with Crippen LogP contribution in [0.4, 0.5) is 0 Å². The molecule has 0 spiro atoms. The van der Waals surface area contributed by atoms with Crippen molar-refractivity contribution in [2.24, 2.45) is 0 Å². The average molecular weight is 379 g/mol. The topological polar surface area (TPSA) is 82.6 Å². The molecule has 0 bridgehead atoms. The number of nitrogens with zero attached hydrogens (tertiary/aromatic N) is 2. The summed E-state index contributed by atoms with van der Waals surface area (Å²) in [6, 6.07) is 14.6. The summed E-state index contributed by atoms with van der Waals surface area (Å²) in [5.74, 6) is 1.35. The van der Waals surface area contributed by atoms with Gasteiger partial charge < -0.3 is 19.5 Å². The summed E-state index contributed by atoms with van der Waals surface area (Å²) in [5.41, 5.74) is 2.72. The smallest absolute Gasteiger partial charge is 0.259 e. The van der Waals surface area contributed by atoms with Gasteiger partial charge in [-0.3, -0.25) is 4.79 Å². The van der Waals surface area contributed by atoms with Crippen molar-refractivity contribution in [2.75, 3.05) is 21.3 Å². The third-order valence-corrected chi connectivity index (χ3v) is 4.19.